The van der Waals surface area contributed by atoms with E-state index in [9.17, 15) is 4.79 Å². The van der Waals surface area contributed by atoms with Gasteiger partial charge in [0.1, 0.15) is 5.75 Å². The van der Waals surface area contributed by atoms with Gasteiger partial charge in [0, 0.05) is 16.9 Å². The minimum atomic E-state index is -0.462. The Hall–Kier alpha value is -1.33. The van der Waals surface area contributed by atoms with E-state index >= 15 is 0 Å². The zero-order valence-electron chi connectivity index (χ0n) is 9.23. The average molecular weight is 265 g/mol. The molecule has 1 aromatic rings. The molecular weight excluding hydrogens is 254 g/mol. The molecule has 1 N–H and O–H groups in total. The van der Waals surface area contributed by atoms with Crippen molar-refractivity contribution in [3.05, 3.63) is 47.4 Å². The maximum Gasteiger partial charge on any atom is 0.412 e. The maximum atomic E-state index is 11.0. The van der Waals surface area contributed by atoms with E-state index in [1.807, 2.05) is 18.2 Å². The van der Waals surface area contributed by atoms with Crippen molar-refractivity contribution in [2.24, 2.45) is 0 Å². The lowest BCUT2D eigenvalue weighted by Crippen LogP contribution is -2.21. The summed E-state index contributed by atoms with van der Waals surface area (Å²) in [4.78, 5) is 13.2. The molecule has 1 aliphatic rings. The van der Waals surface area contributed by atoms with Gasteiger partial charge in [0.05, 0.1) is 0 Å². The molecule has 1 aromatic carbocycles. The zero-order chi connectivity index (χ0) is 12.3. The summed E-state index contributed by atoms with van der Waals surface area (Å²) in [6.45, 7) is 3.89. The van der Waals surface area contributed by atoms with Crippen LogP contribution in [0.3, 0.4) is 0 Å². The first-order valence-electron chi connectivity index (χ1n) is 4.94. The highest BCUT2D eigenvalue weighted by Gasteiger charge is 2.11. The first-order valence-corrected chi connectivity index (χ1v) is 7.09. The standard InChI is InChI=1S/C12H11NO2S2/c1-8-7-11(17-16-8)9-3-5-10(6-4-9)15-12(14)13-2/h3-7H,1H2,2H3,(H,13,14). The highest BCUT2D eigenvalue weighted by molar-refractivity contribution is 8.82. The molecular formula is C12H11NO2S2. The summed E-state index contributed by atoms with van der Waals surface area (Å²) in [5.74, 6) is 0.531. The van der Waals surface area contributed by atoms with E-state index in [1.165, 1.54) is 12.0 Å². The van der Waals surface area contributed by atoms with Gasteiger partial charge in [0.2, 0.25) is 0 Å². The van der Waals surface area contributed by atoms with Gasteiger partial charge < -0.3 is 10.1 Å². The SMILES string of the molecule is C=C1C=C(c2ccc(OC(=O)NC)cc2)SS1. The fourth-order valence-corrected chi connectivity index (χ4v) is 3.30. The summed E-state index contributed by atoms with van der Waals surface area (Å²) < 4.78 is 5.00. The third-order valence-electron chi connectivity index (χ3n) is 2.08. The van der Waals surface area contributed by atoms with Crippen LogP contribution in [0, 0.1) is 0 Å². The average Bonchev–Trinajstić information content (AvgIpc) is 2.77. The Bertz CT molecular complexity index is 480. The Morgan fingerprint density at radius 1 is 1.29 bits per heavy atom. The summed E-state index contributed by atoms with van der Waals surface area (Å²) in [6, 6.07) is 7.40. The predicted molar refractivity (Wildman–Crippen MR) is 73.8 cm³/mol. The van der Waals surface area contributed by atoms with Crippen molar-refractivity contribution >= 4 is 32.6 Å². The highest BCUT2D eigenvalue weighted by atomic mass is 33.1. The number of nitrogens with one attached hydrogen (secondary N) is 1. The molecule has 0 bridgehead atoms. The van der Waals surface area contributed by atoms with Crippen molar-refractivity contribution in [3.63, 3.8) is 0 Å². The Morgan fingerprint density at radius 2 is 2.00 bits per heavy atom. The molecule has 17 heavy (non-hydrogen) atoms. The van der Waals surface area contributed by atoms with Gasteiger partial charge in [-0.1, -0.05) is 40.3 Å². The third-order valence-corrected chi connectivity index (χ3v) is 4.46. The monoisotopic (exact) mass is 265 g/mol. The highest BCUT2D eigenvalue weighted by Crippen LogP contribution is 2.48. The fraction of sp³-hybridized carbons (Fsp3) is 0.0833. The van der Waals surface area contributed by atoms with E-state index in [1.54, 1.807) is 33.7 Å². The molecule has 1 heterocycles. The van der Waals surface area contributed by atoms with Gasteiger partial charge in [-0.3, -0.25) is 0 Å². The molecule has 3 nitrogen and oxygen atoms in total. The summed E-state index contributed by atoms with van der Waals surface area (Å²) >= 11 is 0. The molecule has 0 aromatic heterocycles. The Labute approximate surface area is 108 Å². The number of amides is 1. The van der Waals surface area contributed by atoms with E-state index in [0.717, 1.165) is 10.5 Å². The van der Waals surface area contributed by atoms with Gasteiger partial charge in [-0.05, 0) is 23.8 Å². The van der Waals surface area contributed by atoms with Gasteiger partial charge in [-0.25, -0.2) is 4.79 Å². The van der Waals surface area contributed by atoms with Gasteiger partial charge in [-0.2, -0.15) is 0 Å². The third kappa shape index (κ3) is 3.08. The van der Waals surface area contributed by atoms with Gasteiger partial charge in [-0.15, -0.1) is 0 Å². The normalized spacial score (nSPS) is 14.4. The first-order chi connectivity index (χ1) is 8.19. The van der Waals surface area contributed by atoms with Crippen LogP contribution in [-0.4, -0.2) is 13.1 Å². The number of carbonyl (C=O) groups excluding carboxylic acids is 1. The molecule has 0 atom stereocenters. The largest absolute Gasteiger partial charge is 0.412 e. The Morgan fingerprint density at radius 3 is 2.53 bits per heavy atom. The van der Waals surface area contributed by atoms with Crippen molar-refractivity contribution in [2.75, 3.05) is 7.05 Å². The minimum Gasteiger partial charge on any atom is -0.410 e. The summed E-state index contributed by atoms with van der Waals surface area (Å²) in [6.07, 6.45) is 1.58. The number of hydrogen-bond acceptors (Lipinski definition) is 4. The smallest absolute Gasteiger partial charge is 0.410 e. The van der Waals surface area contributed by atoms with Crippen molar-refractivity contribution in [1.82, 2.24) is 5.32 Å². The minimum absolute atomic E-state index is 0.462. The van der Waals surface area contributed by atoms with Crippen LogP contribution in [0.25, 0.3) is 4.91 Å². The number of allylic oxidation sites excluding steroid dienone is 1. The van der Waals surface area contributed by atoms with Crippen LogP contribution in [0.2, 0.25) is 0 Å². The van der Waals surface area contributed by atoms with Gasteiger partial charge in [0.15, 0.2) is 0 Å². The molecule has 1 amide bonds. The quantitative estimate of drug-likeness (QED) is 0.828. The number of carbonyl (C=O) groups is 1. The summed E-state index contributed by atoms with van der Waals surface area (Å²) in [7, 11) is 4.87. The zero-order valence-corrected chi connectivity index (χ0v) is 10.9. The van der Waals surface area contributed by atoms with Gasteiger partial charge >= 0.3 is 6.09 Å². The molecule has 0 fully saturated rings. The van der Waals surface area contributed by atoms with E-state index in [0.29, 0.717) is 5.75 Å². The number of hydrogen-bond donors (Lipinski definition) is 1. The molecule has 0 aliphatic carbocycles. The first kappa shape index (κ1) is 12.1. The van der Waals surface area contributed by atoms with E-state index in [2.05, 4.69) is 11.9 Å². The van der Waals surface area contributed by atoms with E-state index in [4.69, 9.17) is 4.74 Å². The van der Waals surface area contributed by atoms with Crippen LogP contribution in [0.4, 0.5) is 4.79 Å². The fourth-order valence-electron chi connectivity index (χ4n) is 1.27. The predicted octanol–water partition coefficient (Wildman–Crippen LogP) is 3.65. The molecule has 0 saturated heterocycles. The lowest BCUT2D eigenvalue weighted by Gasteiger charge is -2.04. The van der Waals surface area contributed by atoms with Crippen LogP contribution >= 0.6 is 21.6 Å². The van der Waals surface area contributed by atoms with Crippen LogP contribution in [-0.2, 0) is 0 Å². The topological polar surface area (TPSA) is 38.3 Å². The Balaban J connectivity index is 2.10. The lowest BCUT2D eigenvalue weighted by molar-refractivity contribution is 0.203. The van der Waals surface area contributed by atoms with Crippen molar-refractivity contribution in [2.45, 2.75) is 0 Å². The molecule has 0 spiro atoms. The second-order valence-electron chi connectivity index (χ2n) is 3.31. The Kier molecular flexibility index (Phi) is 3.81. The summed E-state index contributed by atoms with van der Waals surface area (Å²) in [5.41, 5.74) is 1.10. The van der Waals surface area contributed by atoms with Crippen molar-refractivity contribution < 1.29 is 9.53 Å². The van der Waals surface area contributed by atoms with Crippen LogP contribution in [0.15, 0.2) is 41.8 Å². The van der Waals surface area contributed by atoms with Gasteiger partial charge in [0.25, 0.3) is 0 Å². The molecule has 2 rings (SSSR count). The maximum absolute atomic E-state index is 11.0. The second-order valence-corrected chi connectivity index (χ2v) is 5.60. The molecule has 0 radical (unpaired) electrons. The molecule has 5 heteroatoms. The van der Waals surface area contributed by atoms with Crippen LogP contribution in [0.5, 0.6) is 5.75 Å². The second kappa shape index (κ2) is 5.33. The molecule has 88 valence electrons. The van der Waals surface area contributed by atoms with E-state index in [-0.39, 0.29) is 0 Å². The van der Waals surface area contributed by atoms with Crippen LogP contribution in [0.1, 0.15) is 5.56 Å². The van der Waals surface area contributed by atoms with Crippen molar-refractivity contribution in [1.29, 1.82) is 0 Å². The molecule has 0 saturated carbocycles. The van der Waals surface area contributed by atoms with E-state index < -0.39 is 6.09 Å². The molecule has 0 unspecified atom stereocenters. The summed E-state index contributed by atoms with van der Waals surface area (Å²) in [5, 5.41) is 2.40. The number of benzene rings is 1. The number of ether oxygens (including phenoxy) is 1. The molecule has 1 aliphatic heterocycles. The van der Waals surface area contributed by atoms with Crippen molar-refractivity contribution in [3.8, 4) is 5.75 Å². The number of rotatable bonds is 2. The van der Waals surface area contributed by atoms with Crippen LogP contribution < -0.4 is 10.1 Å². The lowest BCUT2D eigenvalue weighted by atomic mass is 10.2.